The fourth-order valence-corrected chi connectivity index (χ4v) is 5.01. The molecule has 1 fully saturated rings. The zero-order chi connectivity index (χ0) is 30.7. The van der Waals surface area contributed by atoms with Gasteiger partial charge in [-0.2, -0.15) is 4.98 Å². The van der Waals surface area contributed by atoms with Gasteiger partial charge in [0.1, 0.15) is 23.0 Å². The number of nitrogens with zero attached hydrogens (tertiary/aromatic N) is 5. The van der Waals surface area contributed by atoms with Crippen LogP contribution in [0.1, 0.15) is 26.3 Å². The highest BCUT2D eigenvalue weighted by molar-refractivity contribution is 6.30. The lowest BCUT2D eigenvalue weighted by Crippen LogP contribution is -2.56. The molecule has 0 spiro atoms. The van der Waals surface area contributed by atoms with Gasteiger partial charge in [-0.05, 0) is 74.9 Å². The number of carbonyl (C=O) groups excluding carboxylic acids is 2. The van der Waals surface area contributed by atoms with E-state index in [0.717, 1.165) is 11.1 Å². The second kappa shape index (κ2) is 12.4. The van der Waals surface area contributed by atoms with Crippen molar-refractivity contribution in [3.8, 4) is 11.3 Å². The fraction of sp³-hybridized carbons (Fsp3) is 0.323. The number of rotatable bonds is 6. The molecule has 1 aliphatic heterocycles. The molecule has 43 heavy (non-hydrogen) atoms. The van der Waals surface area contributed by atoms with Crippen LogP contribution in [0, 0.1) is 5.82 Å². The van der Waals surface area contributed by atoms with Crippen molar-refractivity contribution in [3.63, 3.8) is 0 Å². The predicted octanol–water partition coefficient (Wildman–Crippen LogP) is 4.85. The lowest BCUT2D eigenvalue weighted by Gasteiger charge is -2.37. The molecule has 0 saturated carbocycles. The monoisotopic (exact) mass is 605 g/mol. The van der Waals surface area contributed by atoms with Crippen LogP contribution in [0.2, 0.25) is 5.02 Å². The third-order valence-electron chi connectivity index (χ3n) is 6.91. The summed E-state index contributed by atoms with van der Waals surface area (Å²) in [4.78, 5) is 43.8. The van der Waals surface area contributed by atoms with E-state index in [2.05, 4.69) is 15.3 Å². The first kappa shape index (κ1) is 30.0. The van der Waals surface area contributed by atoms with Gasteiger partial charge in [-0.25, -0.2) is 19.2 Å². The van der Waals surface area contributed by atoms with Crippen molar-refractivity contribution in [2.45, 2.75) is 38.8 Å². The van der Waals surface area contributed by atoms with E-state index in [1.54, 1.807) is 56.0 Å². The lowest BCUT2D eigenvalue weighted by molar-refractivity contribution is -0.133. The molecule has 0 bridgehead atoms. The molecular weight excluding hydrogens is 573 g/mol. The van der Waals surface area contributed by atoms with Crippen LogP contribution in [0.25, 0.3) is 22.3 Å². The number of carbonyl (C=O) groups is 2. The number of piperazine rings is 1. The quantitative estimate of drug-likeness (QED) is 0.319. The summed E-state index contributed by atoms with van der Waals surface area (Å²) in [6, 6.07) is 16.0. The number of alkyl carbamates (subject to hydrolysis) is 1. The maximum atomic E-state index is 13.7. The van der Waals surface area contributed by atoms with Crippen LogP contribution >= 0.6 is 11.6 Å². The minimum Gasteiger partial charge on any atom is -0.444 e. The minimum absolute atomic E-state index is 0.113. The van der Waals surface area contributed by atoms with E-state index < -0.39 is 17.7 Å². The molecule has 3 N–H and O–H groups in total. The van der Waals surface area contributed by atoms with Crippen LogP contribution in [0.5, 0.6) is 0 Å². The van der Waals surface area contributed by atoms with Crippen LogP contribution in [0.3, 0.4) is 0 Å². The molecule has 2 aromatic carbocycles. The van der Waals surface area contributed by atoms with Gasteiger partial charge in [-0.3, -0.25) is 4.79 Å². The molecule has 2 amide bonds. The van der Waals surface area contributed by atoms with E-state index >= 15 is 0 Å². The molecule has 12 heteroatoms. The molecule has 1 atom stereocenters. The van der Waals surface area contributed by atoms with Gasteiger partial charge in [0.25, 0.3) is 0 Å². The SMILES string of the molecule is CC(C)(C)OC(=O)N[C@H](Cc1ccc(Cl)cc1)C(=O)N1CCN(c2nc(N)nc3ccc(-c4ccc(F)cc4)nc23)CC1. The van der Waals surface area contributed by atoms with Gasteiger partial charge in [0.2, 0.25) is 11.9 Å². The number of pyridine rings is 1. The smallest absolute Gasteiger partial charge is 0.408 e. The molecule has 4 aromatic rings. The molecule has 0 unspecified atom stereocenters. The van der Waals surface area contributed by atoms with E-state index in [4.69, 9.17) is 27.1 Å². The topological polar surface area (TPSA) is 127 Å². The number of nitrogens with one attached hydrogen (secondary N) is 1. The van der Waals surface area contributed by atoms with Crippen LogP contribution in [0.4, 0.5) is 21.0 Å². The maximum absolute atomic E-state index is 13.7. The van der Waals surface area contributed by atoms with Gasteiger partial charge in [0.05, 0.1) is 11.2 Å². The van der Waals surface area contributed by atoms with Gasteiger partial charge in [0, 0.05) is 43.2 Å². The van der Waals surface area contributed by atoms with E-state index in [0.29, 0.717) is 53.7 Å². The first-order chi connectivity index (χ1) is 20.4. The highest BCUT2D eigenvalue weighted by atomic mass is 35.5. The van der Waals surface area contributed by atoms with Gasteiger partial charge in [-0.15, -0.1) is 0 Å². The van der Waals surface area contributed by atoms with Crippen molar-refractivity contribution in [2.24, 2.45) is 0 Å². The minimum atomic E-state index is -0.835. The third-order valence-corrected chi connectivity index (χ3v) is 7.17. The van der Waals surface area contributed by atoms with Crippen molar-refractivity contribution < 1.29 is 18.7 Å². The predicted molar refractivity (Wildman–Crippen MR) is 164 cm³/mol. The molecule has 1 saturated heterocycles. The Morgan fingerprint density at radius 1 is 0.977 bits per heavy atom. The number of ether oxygens (including phenoxy) is 1. The number of hydrogen-bond donors (Lipinski definition) is 2. The van der Waals surface area contributed by atoms with Gasteiger partial charge < -0.3 is 25.6 Å². The number of hydrogen-bond acceptors (Lipinski definition) is 8. The summed E-state index contributed by atoms with van der Waals surface area (Å²) in [5.74, 6) is 0.125. The zero-order valence-electron chi connectivity index (χ0n) is 24.2. The molecule has 10 nitrogen and oxygen atoms in total. The van der Waals surface area contributed by atoms with Crippen LogP contribution in [-0.4, -0.2) is 69.7 Å². The zero-order valence-corrected chi connectivity index (χ0v) is 24.9. The fourth-order valence-electron chi connectivity index (χ4n) is 4.88. The number of anilines is 2. The highest BCUT2D eigenvalue weighted by Gasteiger charge is 2.31. The summed E-state index contributed by atoms with van der Waals surface area (Å²) in [7, 11) is 0. The first-order valence-electron chi connectivity index (χ1n) is 13.9. The normalized spacial score (nSPS) is 14.4. The Morgan fingerprint density at radius 3 is 2.30 bits per heavy atom. The van der Waals surface area contributed by atoms with Crippen molar-refractivity contribution in [3.05, 3.63) is 77.1 Å². The number of nitrogens with two attached hydrogens (primary N) is 1. The molecule has 1 aliphatic rings. The molecule has 0 radical (unpaired) electrons. The Kier molecular flexibility index (Phi) is 8.63. The number of benzene rings is 2. The van der Waals surface area contributed by atoms with E-state index in [1.807, 2.05) is 23.1 Å². The molecule has 0 aliphatic carbocycles. The number of nitrogen functional groups attached to an aromatic ring is 1. The molecule has 2 aromatic heterocycles. The van der Waals surface area contributed by atoms with Gasteiger partial charge in [0.15, 0.2) is 5.82 Å². The van der Waals surface area contributed by atoms with Gasteiger partial charge >= 0.3 is 6.09 Å². The summed E-state index contributed by atoms with van der Waals surface area (Å²) >= 11 is 6.04. The summed E-state index contributed by atoms with van der Waals surface area (Å²) in [5, 5.41) is 3.35. The largest absolute Gasteiger partial charge is 0.444 e. The summed E-state index contributed by atoms with van der Waals surface area (Å²) in [6.45, 7) is 6.98. The highest BCUT2D eigenvalue weighted by Crippen LogP contribution is 2.28. The average Bonchev–Trinajstić information content (AvgIpc) is 2.96. The summed E-state index contributed by atoms with van der Waals surface area (Å²) in [5.41, 5.74) is 8.72. The maximum Gasteiger partial charge on any atom is 0.408 e. The Bertz CT molecular complexity index is 1620. The standard InChI is InChI=1S/C31H33ClFN7O3/c1-31(2,3)43-30(42)37-25(18-19-4-8-21(32)9-5-19)28(41)40-16-14-39(15-17-40)27-26-24(36-29(34)38-27)13-12-23(35-26)20-6-10-22(33)11-7-20/h4-13,25H,14-18H2,1-3H3,(H,37,42)(H2,34,36,38)/t25-/m1/s1. The second-order valence-corrected chi connectivity index (χ2v) is 11.8. The van der Waals surface area contributed by atoms with Crippen molar-refractivity contribution in [1.29, 1.82) is 0 Å². The van der Waals surface area contributed by atoms with Crippen molar-refractivity contribution in [1.82, 2.24) is 25.2 Å². The van der Waals surface area contributed by atoms with E-state index in [9.17, 15) is 14.0 Å². The lowest BCUT2D eigenvalue weighted by atomic mass is 10.0. The van der Waals surface area contributed by atoms with E-state index in [-0.39, 0.29) is 24.1 Å². The molecular formula is C31H33ClFN7O3. The van der Waals surface area contributed by atoms with Crippen LogP contribution < -0.4 is 16.0 Å². The van der Waals surface area contributed by atoms with Crippen molar-refractivity contribution >= 4 is 46.4 Å². The Morgan fingerprint density at radius 2 is 1.65 bits per heavy atom. The first-order valence-corrected chi connectivity index (χ1v) is 14.3. The molecule has 5 rings (SSSR count). The Hall–Kier alpha value is -4.51. The number of fused-ring (bicyclic) bond motifs is 1. The number of aromatic nitrogens is 3. The van der Waals surface area contributed by atoms with Crippen LogP contribution in [-0.2, 0) is 16.0 Å². The third kappa shape index (κ3) is 7.47. The Balaban J connectivity index is 1.34. The van der Waals surface area contributed by atoms with E-state index in [1.165, 1.54) is 12.1 Å². The average molecular weight is 606 g/mol. The number of amides is 2. The van der Waals surface area contributed by atoms with Crippen molar-refractivity contribution in [2.75, 3.05) is 36.8 Å². The van der Waals surface area contributed by atoms with Crippen LogP contribution in [0.15, 0.2) is 60.7 Å². The summed E-state index contributed by atoms with van der Waals surface area (Å²) < 4.78 is 18.9. The van der Waals surface area contributed by atoms with Gasteiger partial charge in [-0.1, -0.05) is 23.7 Å². The molecule has 224 valence electrons. The number of halogens is 2. The summed E-state index contributed by atoms with van der Waals surface area (Å²) in [6.07, 6.45) is -0.386. The Labute approximate surface area is 254 Å². The molecule has 3 heterocycles. The second-order valence-electron chi connectivity index (χ2n) is 11.3.